The molecule has 0 bridgehead atoms. The lowest BCUT2D eigenvalue weighted by Crippen LogP contribution is -2.40. The van der Waals surface area contributed by atoms with Crippen LogP contribution in [0, 0.1) is 0 Å². The van der Waals surface area contributed by atoms with E-state index in [1.165, 1.54) is 0 Å². The molecule has 1 fully saturated rings. The third-order valence-electron chi connectivity index (χ3n) is 4.51. The number of benzene rings is 1. The maximum absolute atomic E-state index is 12.5. The summed E-state index contributed by atoms with van der Waals surface area (Å²) in [7, 11) is 1.59. The normalized spacial score (nSPS) is 16.5. The average molecular weight is 360 g/mol. The van der Waals surface area contributed by atoms with E-state index >= 15 is 0 Å². The molecule has 1 aromatic carbocycles. The Morgan fingerprint density at radius 3 is 2.54 bits per heavy atom. The number of aryl methyl sites for hydroxylation is 1. The van der Waals surface area contributed by atoms with Gasteiger partial charge in [-0.1, -0.05) is 0 Å². The number of nitrogens with zero attached hydrogens (tertiary/aromatic N) is 2. The first-order valence-electron chi connectivity index (χ1n) is 8.45. The van der Waals surface area contributed by atoms with Crippen molar-refractivity contribution < 1.29 is 28.7 Å². The Kier molecular flexibility index (Phi) is 5.20. The van der Waals surface area contributed by atoms with Crippen LogP contribution in [0.4, 0.5) is 5.69 Å². The average Bonchev–Trinajstić information content (AvgIpc) is 2.97. The fraction of sp³-hybridized carbons (Fsp3) is 0.444. The van der Waals surface area contributed by atoms with E-state index in [4.69, 9.17) is 9.47 Å². The standard InChI is InChI=1S/C18H20N2O6/c1-25-13-4-5-14-12(9-13)3-2-8-19(14)17(23)11-26-18(24)10-20-15(21)6-7-16(20)22/h4-5,9H,2-3,6-8,10-11H2,1H3. The molecule has 0 saturated carbocycles. The Bertz CT molecular complexity index is 744. The summed E-state index contributed by atoms with van der Waals surface area (Å²) in [5, 5.41) is 0. The van der Waals surface area contributed by atoms with E-state index in [1.807, 2.05) is 12.1 Å². The molecular weight excluding hydrogens is 340 g/mol. The first kappa shape index (κ1) is 17.9. The number of ether oxygens (including phenoxy) is 2. The number of rotatable bonds is 5. The molecule has 0 atom stereocenters. The summed E-state index contributed by atoms with van der Waals surface area (Å²) in [6.45, 7) is -0.335. The molecule has 3 rings (SSSR count). The van der Waals surface area contributed by atoms with Gasteiger partial charge in [-0.25, -0.2) is 0 Å². The van der Waals surface area contributed by atoms with Gasteiger partial charge in [0.15, 0.2) is 6.61 Å². The zero-order chi connectivity index (χ0) is 18.7. The third kappa shape index (κ3) is 3.68. The largest absolute Gasteiger partial charge is 0.497 e. The van der Waals surface area contributed by atoms with Crippen molar-refractivity contribution in [1.29, 1.82) is 0 Å². The summed E-state index contributed by atoms with van der Waals surface area (Å²) in [4.78, 5) is 49.8. The maximum Gasteiger partial charge on any atom is 0.326 e. The van der Waals surface area contributed by atoms with Gasteiger partial charge in [-0.05, 0) is 36.6 Å². The number of esters is 1. The van der Waals surface area contributed by atoms with Gasteiger partial charge in [-0.15, -0.1) is 0 Å². The predicted octanol–water partition coefficient (Wildman–Crippen LogP) is 0.667. The number of carbonyl (C=O) groups is 4. The van der Waals surface area contributed by atoms with Gasteiger partial charge in [-0.2, -0.15) is 0 Å². The maximum atomic E-state index is 12.5. The van der Waals surface area contributed by atoms with Crippen molar-refractivity contribution >= 4 is 29.4 Å². The summed E-state index contributed by atoms with van der Waals surface area (Å²) in [6, 6.07) is 5.49. The van der Waals surface area contributed by atoms with Gasteiger partial charge in [0, 0.05) is 25.1 Å². The Morgan fingerprint density at radius 2 is 1.85 bits per heavy atom. The van der Waals surface area contributed by atoms with Crippen molar-refractivity contribution in [3.05, 3.63) is 23.8 Å². The summed E-state index contributed by atoms with van der Waals surface area (Å²) < 4.78 is 10.2. The molecule has 0 aliphatic carbocycles. The molecule has 2 aliphatic heterocycles. The van der Waals surface area contributed by atoms with Crippen LogP contribution in [0.15, 0.2) is 18.2 Å². The van der Waals surface area contributed by atoms with Crippen molar-refractivity contribution in [3.63, 3.8) is 0 Å². The second-order valence-electron chi connectivity index (χ2n) is 6.18. The van der Waals surface area contributed by atoms with E-state index in [0.29, 0.717) is 6.54 Å². The van der Waals surface area contributed by atoms with Crippen LogP contribution in [-0.4, -0.2) is 55.4 Å². The number of likely N-dealkylation sites (tertiary alicyclic amines) is 1. The molecule has 0 spiro atoms. The fourth-order valence-electron chi connectivity index (χ4n) is 3.15. The van der Waals surface area contributed by atoms with Crippen molar-refractivity contribution in [1.82, 2.24) is 4.90 Å². The van der Waals surface area contributed by atoms with E-state index in [1.54, 1.807) is 18.1 Å². The van der Waals surface area contributed by atoms with E-state index in [9.17, 15) is 19.2 Å². The Hall–Kier alpha value is -2.90. The molecule has 1 aromatic rings. The van der Waals surface area contributed by atoms with Crippen LogP contribution in [0.25, 0.3) is 0 Å². The summed E-state index contributed by atoms with van der Waals surface area (Å²) >= 11 is 0. The highest BCUT2D eigenvalue weighted by atomic mass is 16.5. The van der Waals surface area contributed by atoms with E-state index < -0.39 is 30.9 Å². The first-order chi connectivity index (χ1) is 12.5. The van der Waals surface area contributed by atoms with Crippen LogP contribution in [-0.2, 0) is 30.3 Å². The molecule has 138 valence electrons. The number of amides is 3. The topological polar surface area (TPSA) is 93.2 Å². The molecule has 8 heteroatoms. The molecule has 0 aromatic heterocycles. The fourth-order valence-corrected chi connectivity index (χ4v) is 3.15. The van der Waals surface area contributed by atoms with Crippen molar-refractivity contribution in [2.75, 3.05) is 31.7 Å². The summed E-state index contributed by atoms with van der Waals surface area (Å²) in [5.74, 6) is -1.17. The van der Waals surface area contributed by atoms with Crippen LogP contribution in [0.2, 0.25) is 0 Å². The number of imide groups is 1. The second kappa shape index (κ2) is 7.55. The minimum absolute atomic E-state index is 0.110. The van der Waals surface area contributed by atoms with Crippen LogP contribution >= 0.6 is 0 Å². The Morgan fingerprint density at radius 1 is 1.12 bits per heavy atom. The van der Waals surface area contributed by atoms with Gasteiger partial charge in [0.05, 0.1) is 7.11 Å². The highest BCUT2D eigenvalue weighted by Gasteiger charge is 2.31. The molecule has 3 amide bonds. The molecule has 2 heterocycles. The highest BCUT2D eigenvalue weighted by molar-refractivity contribution is 6.04. The highest BCUT2D eigenvalue weighted by Crippen LogP contribution is 2.30. The predicted molar refractivity (Wildman–Crippen MR) is 90.6 cm³/mol. The smallest absolute Gasteiger partial charge is 0.326 e. The number of methoxy groups -OCH3 is 1. The quantitative estimate of drug-likeness (QED) is 0.566. The summed E-state index contributed by atoms with van der Waals surface area (Å²) in [6.07, 6.45) is 1.87. The van der Waals surface area contributed by atoms with Gasteiger partial charge in [0.1, 0.15) is 12.3 Å². The Balaban J connectivity index is 1.58. The van der Waals surface area contributed by atoms with Gasteiger partial charge < -0.3 is 14.4 Å². The minimum Gasteiger partial charge on any atom is -0.497 e. The number of hydrogen-bond donors (Lipinski definition) is 0. The van der Waals surface area contributed by atoms with Crippen LogP contribution in [0.3, 0.4) is 0 Å². The minimum atomic E-state index is -0.770. The molecule has 1 saturated heterocycles. The van der Waals surface area contributed by atoms with Gasteiger partial charge >= 0.3 is 5.97 Å². The molecule has 0 N–H and O–H groups in total. The molecule has 8 nitrogen and oxygen atoms in total. The monoisotopic (exact) mass is 360 g/mol. The molecule has 0 radical (unpaired) electrons. The van der Waals surface area contributed by atoms with Crippen LogP contribution < -0.4 is 9.64 Å². The molecule has 2 aliphatic rings. The second-order valence-corrected chi connectivity index (χ2v) is 6.18. The molecule has 0 unspecified atom stereocenters. The lowest BCUT2D eigenvalue weighted by molar-refractivity contribution is -0.154. The van der Waals surface area contributed by atoms with Gasteiger partial charge in [-0.3, -0.25) is 24.1 Å². The van der Waals surface area contributed by atoms with Crippen LogP contribution in [0.5, 0.6) is 5.75 Å². The molecular formula is C18H20N2O6. The zero-order valence-corrected chi connectivity index (χ0v) is 14.5. The summed E-state index contributed by atoms with van der Waals surface area (Å²) in [5.41, 5.74) is 1.78. The Labute approximate surface area is 150 Å². The third-order valence-corrected chi connectivity index (χ3v) is 4.51. The van der Waals surface area contributed by atoms with Gasteiger partial charge in [0.25, 0.3) is 5.91 Å². The van der Waals surface area contributed by atoms with E-state index in [0.717, 1.165) is 34.7 Å². The van der Waals surface area contributed by atoms with Crippen LogP contribution in [0.1, 0.15) is 24.8 Å². The van der Waals surface area contributed by atoms with E-state index in [2.05, 4.69) is 0 Å². The first-order valence-corrected chi connectivity index (χ1v) is 8.45. The zero-order valence-electron chi connectivity index (χ0n) is 14.5. The van der Waals surface area contributed by atoms with E-state index in [-0.39, 0.29) is 18.7 Å². The van der Waals surface area contributed by atoms with Crippen molar-refractivity contribution in [3.8, 4) is 5.75 Å². The lowest BCUT2D eigenvalue weighted by Gasteiger charge is -2.29. The van der Waals surface area contributed by atoms with Crippen molar-refractivity contribution in [2.24, 2.45) is 0 Å². The van der Waals surface area contributed by atoms with Gasteiger partial charge in [0.2, 0.25) is 11.8 Å². The number of carbonyl (C=O) groups excluding carboxylic acids is 4. The number of anilines is 1. The lowest BCUT2D eigenvalue weighted by atomic mass is 10.0. The number of fused-ring (bicyclic) bond motifs is 1. The molecule has 26 heavy (non-hydrogen) atoms. The number of hydrogen-bond acceptors (Lipinski definition) is 6. The SMILES string of the molecule is COc1ccc2c(c1)CCCN2C(=O)COC(=O)CN1C(=O)CCC1=O. The van der Waals surface area contributed by atoms with Crippen molar-refractivity contribution in [2.45, 2.75) is 25.7 Å².